The Morgan fingerprint density at radius 1 is 0.864 bits per heavy atom. The van der Waals surface area contributed by atoms with E-state index in [0.29, 0.717) is 17.9 Å². The second-order valence-electron chi connectivity index (χ2n) is 15.8. The SMILES string of the molecule is C[C@H]1[C@@H](CN2CCC(n3c(=O)[nH]c4ccccc43)CC2)O[C@@H](c2ccc(-c3ccccc3CNC(=O)[C@@H]3CCCN3C(=O)C(F)(F)F)cc2)O[C@H]1c1ccc(CO)cc1. The van der Waals surface area contributed by atoms with Crippen LogP contribution < -0.4 is 11.0 Å². The van der Waals surface area contributed by atoms with Crippen LogP contribution in [-0.2, 0) is 32.2 Å². The number of ether oxygens (including phenoxy) is 2. The Kier molecular flexibility index (Phi) is 11.8. The van der Waals surface area contributed by atoms with Crippen LogP contribution in [0.1, 0.15) is 73.3 Å². The summed E-state index contributed by atoms with van der Waals surface area (Å²) in [6, 6.07) is 29.8. The van der Waals surface area contributed by atoms with Crippen molar-refractivity contribution in [3.8, 4) is 11.1 Å². The molecule has 0 bridgehead atoms. The molecule has 4 heterocycles. The maximum Gasteiger partial charge on any atom is 0.471 e. The Morgan fingerprint density at radius 2 is 1.56 bits per heavy atom. The van der Waals surface area contributed by atoms with Crippen molar-refractivity contribution in [3.63, 3.8) is 0 Å². The first-order chi connectivity index (χ1) is 28.5. The summed E-state index contributed by atoms with van der Waals surface area (Å²) in [5.41, 5.74) is 6.78. The second kappa shape index (κ2) is 17.1. The van der Waals surface area contributed by atoms with E-state index < -0.39 is 30.3 Å². The number of nitrogens with one attached hydrogen (secondary N) is 2. The van der Waals surface area contributed by atoms with Crippen molar-refractivity contribution in [2.75, 3.05) is 26.2 Å². The number of para-hydroxylation sites is 2. The fourth-order valence-corrected chi connectivity index (χ4v) is 8.90. The molecule has 310 valence electrons. The number of benzene rings is 4. The number of rotatable bonds is 10. The van der Waals surface area contributed by atoms with Gasteiger partial charge in [0.15, 0.2) is 6.29 Å². The second-order valence-corrected chi connectivity index (χ2v) is 15.8. The van der Waals surface area contributed by atoms with Crippen LogP contribution in [0.5, 0.6) is 0 Å². The van der Waals surface area contributed by atoms with Crippen molar-refractivity contribution in [1.82, 2.24) is 24.7 Å². The van der Waals surface area contributed by atoms with Crippen LogP contribution in [0.4, 0.5) is 13.2 Å². The Hall–Kier alpha value is -5.28. The van der Waals surface area contributed by atoms with Crippen molar-refractivity contribution in [2.45, 2.75) is 82.5 Å². The lowest BCUT2D eigenvalue weighted by Gasteiger charge is -2.44. The van der Waals surface area contributed by atoms with Crippen LogP contribution in [0.3, 0.4) is 0 Å². The molecule has 8 rings (SSSR count). The van der Waals surface area contributed by atoms with Gasteiger partial charge in [0, 0.05) is 50.2 Å². The number of hydrogen-bond acceptors (Lipinski definition) is 7. The van der Waals surface area contributed by atoms with E-state index in [1.165, 1.54) is 0 Å². The van der Waals surface area contributed by atoms with Gasteiger partial charge in [0.2, 0.25) is 5.91 Å². The predicted molar refractivity (Wildman–Crippen MR) is 215 cm³/mol. The van der Waals surface area contributed by atoms with E-state index in [4.69, 9.17) is 9.47 Å². The number of nitrogens with zero attached hydrogens (tertiary/aromatic N) is 3. The van der Waals surface area contributed by atoms with Gasteiger partial charge in [-0.2, -0.15) is 13.2 Å². The molecular formula is C45H48F3N5O6. The average molecular weight is 812 g/mol. The number of likely N-dealkylation sites (tertiary alicyclic amines) is 2. The van der Waals surface area contributed by atoms with Crippen molar-refractivity contribution < 1.29 is 37.3 Å². The molecule has 2 amide bonds. The molecular weight excluding hydrogens is 764 g/mol. The number of fused-ring (bicyclic) bond motifs is 1. The number of aromatic amines is 1. The number of amides is 2. The minimum absolute atomic E-state index is 0.00978. The summed E-state index contributed by atoms with van der Waals surface area (Å²) in [5.74, 6) is -2.62. The molecule has 3 aliphatic heterocycles. The molecule has 59 heavy (non-hydrogen) atoms. The van der Waals surface area contributed by atoms with Gasteiger partial charge in [-0.15, -0.1) is 0 Å². The summed E-state index contributed by atoms with van der Waals surface area (Å²) in [4.78, 5) is 43.9. The summed E-state index contributed by atoms with van der Waals surface area (Å²) in [6.45, 7) is 4.34. The molecule has 5 atom stereocenters. The standard InChI is InChI=1S/C45H48F3N5O6/c1-28-39(26-51-23-20-34(21-24-51)53-37-10-5-4-9-36(37)50-44(53)57)58-42(59-40(28)31-14-12-29(27-54)13-15-31)32-18-16-30(17-19-32)35-8-3-2-7-33(35)25-49-41(55)38-11-6-22-52(38)43(56)45(46,47)48/h2-5,7-10,12-19,28,34,38-40,42,54H,6,11,20-27H2,1H3,(H,49,55)(H,50,57)/t28-,38-,39+,40+,42+/m0/s1. The number of aliphatic hydroxyl groups is 1. The molecule has 11 nitrogen and oxygen atoms in total. The van der Waals surface area contributed by atoms with Gasteiger partial charge < -0.3 is 34.7 Å². The smallest absolute Gasteiger partial charge is 0.392 e. The van der Waals surface area contributed by atoms with Gasteiger partial charge in [-0.05, 0) is 65.6 Å². The molecule has 3 saturated heterocycles. The lowest BCUT2D eigenvalue weighted by atomic mass is 9.89. The van der Waals surface area contributed by atoms with E-state index in [2.05, 4.69) is 22.1 Å². The maximum atomic E-state index is 13.2. The zero-order valence-corrected chi connectivity index (χ0v) is 32.7. The minimum Gasteiger partial charge on any atom is -0.392 e. The molecule has 3 N–H and O–H groups in total. The zero-order valence-electron chi connectivity index (χ0n) is 32.7. The Balaban J connectivity index is 0.968. The number of hydrogen-bond donors (Lipinski definition) is 3. The number of piperidine rings is 1. The molecule has 0 spiro atoms. The highest BCUT2D eigenvalue weighted by Crippen LogP contribution is 2.43. The quantitative estimate of drug-likeness (QED) is 0.142. The highest BCUT2D eigenvalue weighted by atomic mass is 19.4. The minimum atomic E-state index is -5.04. The number of halogens is 3. The van der Waals surface area contributed by atoms with Crippen molar-refractivity contribution in [2.24, 2.45) is 5.92 Å². The van der Waals surface area contributed by atoms with E-state index in [1.807, 2.05) is 102 Å². The Morgan fingerprint density at radius 3 is 2.29 bits per heavy atom. The topological polar surface area (TPSA) is 129 Å². The molecule has 5 aromatic rings. The van der Waals surface area contributed by atoms with Crippen LogP contribution in [0, 0.1) is 5.92 Å². The number of H-pyrrole nitrogens is 1. The number of aromatic nitrogens is 2. The first-order valence-electron chi connectivity index (χ1n) is 20.2. The van der Waals surface area contributed by atoms with E-state index in [-0.39, 0.29) is 56.0 Å². The highest BCUT2D eigenvalue weighted by Gasteiger charge is 2.47. The Bertz CT molecular complexity index is 2320. The van der Waals surface area contributed by atoms with Gasteiger partial charge >= 0.3 is 17.8 Å². The van der Waals surface area contributed by atoms with Gasteiger partial charge in [0.25, 0.3) is 0 Å². The molecule has 0 saturated carbocycles. The van der Waals surface area contributed by atoms with Gasteiger partial charge in [-0.25, -0.2) is 4.79 Å². The zero-order chi connectivity index (χ0) is 41.3. The Labute approximate surface area is 339 Å². The molecule has 4 aromatic carbocycles. The number of carbonyl (C=O) groups excluding carboxylic acids is 2. The van der Waals surface area contributed by atoms with Gasteiger partial charge in [0.1, 0.15) is 6.04 Å². The van der Waals surface area contributed by atoms with Gasteiger partial charge in [0.05, 0.1) is 29.8 Å². The third-order valence-corrected chi connectivity index (χ3v) is 12.1. The fraction of sp³-hybridized carbons (Fsp3) is 0.400. The van der Waals surface area contributed by atoms with Gasteiger partial charge in [-0.1, -0.05) is 91.9 Å². The summed E-state index contributed by atoms with van der Waals surface area (Å²) < 4.78 is 54.9. The maximum absolute atomic E-state index is 13.2. The monoisotopic (exact) mass is 811 g/mol. The van der Waals surface area contributed by atoms with Crippen LogP contribution in [0.15, 0.2) is 102 Å². The number of imidazole rings is 1. The van der Waals surface area contributed by atoms with E-state index in [1.54, 1.807) is 0 Å². The van der Waals surface area contributed by atoms with Crippen LogP contribution in [-0.4, -0.2) is 80.8 Å². The number of carbonyl (C=O) groups is 2. The van der Waals surface area contributed by atoms with E-state index in [0.717, 1.165) is 70.3 Å². The van der Waals surface area contributed by atoms with Gasteiger partial charge in [-0.3, -0.25) is 14.2 Å². The summed E-state index contributed by atoms with van der Waals surface area (Å²) in [7, 11) is 0. The third kappa shape index (κ3) is 8.58. The molecule has 1 aromatic heterocycles. The van der Waals surface area contributed by atoms with E-state index in [9.17, 15) is 32.7 Å². The summed E-state index contributed by atoms with van der Waals surface area (Å²) >= 11 is 0. The molecule has 3 fully saturated rings. The molecule has 3 aliphatic rings. The van der Waals surface area contributed by atoms with Crippen LogP contribution in [0.25, 0.3) is 22.2 Å². The average Bonchev–Trinajstić information content (AvgIpc) is 3.88. The lowest BCUT2D eigenvalue weighted by Crippen LogP contribution is -2.50. The first kappa shape index (κ1) is 40.5. The number of alkyl halides is 3. The molecule has 0 aliphatic carbocycles. The highest BCUT2D eigenvalue weighted by molar-refractivity contribution is 5.90. The largest absolute Gasteiger partial charge is 0.471 e. The fourth-order valence-electron chi connectivity index (χ4n) is 8.90. The normalized spacial score (nSPS) is 23.1. The summed E-state index contributed by atoms with van der Waals surface area (Å²) in [6.07, 6.45) is -4.04. The number of aliphatic hydroxyl groups excluding tert-OH is 1. The summed E-state index contributed by atoms with van der Waals surface area (Å²) in [5, 5.41) is 12.4. The van der Waals surface area contributed by atoms with Crippen LogP contribution in [0.2, 0.25) is 0 Å². The lowest BCUT2D eigenvalue weighted by molar-refractivity contribution is -0.276. The van der Waals surface area contributed by atoms with Crippen molar-refractivity contribution >= 4 is 22.8 Å². The van der Waals surface area contributed by atoms with Crippen LogP contribution >= 0.6 is 0 Å². The third-order valence-electron chi connectivity index (χ3n) is 12.1. The predicted octanol–water partition coefficient (Wildman–Crippen LogP) is 6.79. The molecule has 14 heteroatoms. The van der Waals surface area contributed by atoms with E-state index >= 15 is 0 Å². The first-order valence-corrected chi connectivity index (χ1v) is 20.2. The van der Waals surface area contributed by atoms with Crippen molar-refractivity contribution in [3.05, 3.63) is 130 Å². The van der Waals surface area contributed by atoms with Crippen molar-refractivity contribution in [1.29, 1.82) is 0 Å². The molecule has 0 radical (unpaired) electrons. The molecule has 0 unspecified atom stereocenters.